The SMILES string of the molecule is C/C(=N/NC(N)=S)c1nonc1C. The summed E-state index contributed by atoms with van der Waals surface area (Å²) in [5, 5.41) is 11.2. The molecule has 0 bridgehead atoms. The minimum Gasteiger partial charge on any atom is -0.375 e. The van der Waals surface area contributed by atoms with E-state index in [0.29, 0.717) is 17.1 Å². The Bertz CT molecular complexity index is 345. The Labute approximate surface area is 80.1 Å². The first kappa shape index (κ1) is 9.59. The fourth-order valence-electron chi connectivity index (χ4n) is 0.752. The molecule has 0 aliphatic carbocycles. The summed E-state index contributed by atoms with van der Waals surface area (Å²) in [6.45, 7) is 3.52. The van der Waals surface area contributed by atoms with Crippen LogP contribution in [0.15, 0.2) is 9.73 Å². The Morgan fingerprint density at radius 1 is 1.62 bits per heavy atom. The van der Waals surface area contributed by atoms with Crippen LogP contribution in [0, 0.1) is 6.92 Å². The molecule has 0 fully saturated rings. The number of aromatic nitrogens is 2. The van der Waals surface area contributed by atoms with Crippen molar-refractivity contribution in [3.63, 3.8) is 0 Å². The van der Waals surface area contributed by atoms with Crippen molar-refractivity contribution < 1.29 is 4.63 Å². The maximum atomic E-state index is 5.19. The molecular weight excluding hydrogens is 190 g/mol. The minimum absolute atomic E-state index is 0.105. The van der Waals surface area contributed by atoms with Gasteiger partial charge in [0.1, 0.15) is 5.69 Å². The Balaban J connectivity index is 2.78. The minimum atomic E-state index is 0.105. The summed E-state index contributed by atoms with van der Waals surface area (Å²) in [6.07, 6.45) is 0. The van der Waals surface area contributed by atoms with Crippen molar-refractivity contribution in [3.8, 4) is 0 Å². The molecule has 0 spiro atoms. The number of nitrogens with two attached hydrogens (primary N) is 1. The van der Waals surface area contributed by atoms with Gasteiger partial charge in [-0.2, -0.15) is 5.10 Å². The van der Waals surface area contributed by atoms with Gasteiger partial charge in [0.25, 0.3) is 0 Å². The van der Waals surface area contributed by atoms with E-state index in [4.69, 9.17) is 5.73 Å². The maximum absolute atomic E-state index is 5.19. The lowest BCUT2D eigenvalue weighted by molar-refractivity contribution is 0.304. The third kappa shape index (κ3) is 2.48. The van der Waals surface area contributed by atoms with Gasteiger partial charge in [0.05, 0.1) is 5.71 Å². The summed E-state index contributed by atoms with van der Waals surface area (Å²) in [4.78, 5) is 0. The second-order valence-corrected chi connectivity index (χ2v) is 2.81. The van der Waals surface area contributed by atoms with Gasteiger partial charge < -0.3 is 5.73 Å². The van der Waals surface area contributed by atoms with E-state index >= 15 is 0 Å². The van der Waals surface area contributed by atoms with Crippen LogP contribution in [-0.4, -0.2) is 21.1 Å². The first-order valence-electron chi connectivity index (χ1n) is 3.50. The Kier molecular flexibility index (Phi) is 2.91. The second-order valence-electron chi connectivity index (χ2n) is 2.37. The molecule has 1 aromatic rings. The molecule has 0 aliphatic heterocycles. The fraction of sp³-hybridized carbons (Fsp3) is 0.333. The van der Waals surface area contributed by atoms with Crippen LogP contribution in [0.25, 0.3) is 0 Å². The highest BCUT2D eigenvalue weighted by molar-refractivity contribution is 7.80. The van der Waals surface area contributed by atoms with Crippen LogP contribution in [0.3, 0.4) is 0 Å². The summed E-state index contributed by atoms with van der Waals surface area (Å²) in [5.74, 6) is 0. The van der Waals surface area contributed by atoms with Gasteiger partial charge in [0, 0.05) is 0 Å². The lowest BCUT2D eigenvalue weighted by atomic mass is 10.2. The summed E-state index contributed by atoms with van der Waals surface area (Å²) in [5.41, 5.74) is 9.51. The van der Waals surface area contributed by atoms with Gasteiger partial charge in [-0.05, 0) is 31.2 Å². The van der Waals surface area contributed by atoms with Crippen molar-refractivity contribution in [1.82, 2.24) is 15.7 Å². The smallest absolute Gasteiger partial charge is 0.184 e. The lowest BCUT2D eigenvalue weighted by Gasteiger charge is -1.96. The summed E-state index contributed by atoms with van der Waals surface area (Å²) in [7, 11) is 0. The molecule has 0 aliphatic rings. The number of hydrogen-bond acceptors (Lipinski definition) is 5. The van der Waals surface area contributed by atoms with E-state index in [-0.39, 0.29) is 5.11 Å². The molecule has 7 heteroatoms. The number of nitrogens with zero attached hydrogens (tertiary/aromatic N) is 3. The molecule has 13 heavy (non-hydrogen) atoms. The summed E-state index contributed by atoms with van der Waals surface area (Å²) in [6, 6.07) is 0. The standard InChI is InChI=1S/C6H9N5OS/c1-3(8-9-6(7)13)5-4(2)10-12-11-5/h1-2H3,(H3,7,9,13)/b8-3-. The van der Waals surface area contributed by atoms with Gasteiger partial charge in [0.15, 0.2) is 10.8 Å². The molecule has 1 aromatic heterocycles. The molecule has 1 heterocycles. The molecule has 0 atom stereocenters. The number of hydrogen-bond donors (Lipinski definition) is 2. The van der Waals surface area contributed by atoms with Crippen LogP contribution < -0.4 is 11.2 Å². The Morgan fingerprint density at radius 2 is 2.31 bits per heavy atom. The van der Waals surface area contributed by atoms with Gasteiger partial charge in [-0.3, -0.25) is 5.43 Å². The quantitative estimate of drug-likeness (QED) is 0.394. The normalized spacial score (nSPS) is 11.4. The largest absolute Gasteiger partial charge is 0.375 e. The van der Waals surface area contributed by atoms with Gasteiger partial charge in [-0.25, -0.2) is 4.63 Å². The molecule has 70 valence electrons. The third-order valence-electron chi connectivity index (χ3n) is 1.33. The molecule has 6 nitrogen and oxygen atoms in total. The van der Waals surface area contributed by atoms with Crippen molar-refractivity contribution in [3.05, 3.63) is 11.4 Å². The topological polar surface area (TPSA) is 89.3 Å². The average Bonchev–Trinajstić information content (AvgIpc) is 2.47. The van der Waals surface area contributed by atoms with E-state index in [0.717, 1.165) is 0 Å². The van der Waals surface area contributed by atoms with E-state index in [1.54, 1.807) is 13.8 Å². The predicted molar refractivity (Wildman–Crippen MR) is 51.2 cm³/mol. The monoisotopic (exact) mass is 199 g/mol. The number of thiocarbonyl (C=S) groups is 1. The highest BCUT2D eigenvalue weighted by atomic mass is 32.1. The molecule has 3 N–H and O–H groups in total. The van der Waals surface area contributed by atoms with Crippen LogP contribution >= 0.6 is 12.2 Å². The number of rotatable bonds is 2. The van der Waals surface area contributed by atoms with Gasteiger partial charge in [0.2, 0.25) is 0 Å². The first-order valence-corrected chi connectivity index (χ1v) is 3.91. The van der Waals surface area contributed by atoms with E-state index in [9.17, 15) is 0 Å². The van der Waals surface area contributed by atoms with Crippen molar-refractivity contribution >= 4 is 23.0 Å². The molecule has 0 aromatic carbocycles. The number of nitrogens with one attached hydrogen (secondary N) is 1. The van der Waals surface area contributed by atoms with E-state index in [1.807, 2.05) is 0 Å². The van der Waals surface area contributed by atoms with E-state index < -0.39 is 0 Å². The Hall–Kier alpha value is -1.50. The van der Waals surface area contributed by atoms with Gasteiger partial charge in [-0.15, -0.1) is 0 Å². The van der Waals surface area contributed by atoms with E-state index in [2.05, 4.69) is 37.7 Å². The highest BCUT2D eigenvalue weighted by Gasteiger charge is 2.07. The molecule has 1 rings (SSSR count). The summed E-state index contributed by atoms with van der Waals surface area (Å²) < 4.78 is 4.50. The summed E-state index contributed by atoms with van der Waals surface area (Å²) >= 11 is 4.58. The zero-order valence-corrected chi connectivity index (χ0v) is 8.05. The average molecular weight is 199 g/mol. The third-order valence-corrected chi connectivity index (χ3v) is 1.42. The van der Waals surface area contributed by atoms with Crippen LogP contribution in [0.5, 0.6) is 0 Å². The molecule has 0 saturated heterocycles. The van der Waals surface area contributed by atoms with Crippen LogP contribution in [0.4, 0.5) is 0 Å². The molecular formula is C6H9N5OS. The number of aryl methyl sites for hydroxylation is 1. The lowest BCUT2D eigenvalue weighted by Crippen LogP contribution is -2.25. The Morgan fingerprint density at radius 3 is 2.77 bits per heavy atom. The first-order chi connectivity index (χ1) is 6.11. The van der Waals surface area contributed by atoms with Crippen LogP contribution in [0.2, 0.25) is 0 Å². The zero-order valence-electron chi connectivity index (χ0n) is 7.24. The predicted octanol–water partition coefficient (Wildman–Crippen LogP) is -0.0648. The second kappa shape index (κ2) is 3.94. The van der Waals surface area contributed by atoms with E-state index in [1.165, 1.54) is 0 Å². The van der Waals surface area contributed by atoms with Crippen molar-refractivity contribution in [2.45, 2.75) is 13.8 Å². The molecule has 0 unspecified atom stereocenters. The van der Waals surface area contributed by atoms with Gasteiger partial charge in [-0.1, -0.05) is 5.16 Å². The van der Waals surface area contributed by atoms with Gasteiger partial charge >= 0.3 is 0 Å². The highest BCUT2D eigenvalue weighted by Crippen LogP contribution is 2.01. The maximum Gasteiger partial charge on any atom is 0.184 e. The molecule has 0 radical (unpaired) electrons. The van der Waals surface area contributed by atoms with Crippen molar-refractivity contribution in [1.29, 1.82) is 0 Å². The zero-order chi connectivity index (χ0) is 9.84. The molecule has 0 amide bonds. The fourth-order valence-corrected chi connectivity index (χ4v) is 0.797. The molecule has 0 saturated carbocycles. The van der Waals surface area contributed by atoms with Crippen molar-refractivity contribution in [2.75, 3.05) is 0 Å². The van der Waals surface area contributed by atoms with Crippen molar-refractivity contribution in [2.24, 2.45) is 10.8 Å². The van der Waals surface area contributed by atoms with Crippen LogP contribution in [0.1, 0.15) is 18.3 Å². The number of hydrazone groups is 1. The van der Waals surface area contributed by atoms with Crippen LogP contribution in [-0.2, 0) is 0 Å².